The minimum Gasteiger partial charge on any atom is -0.383 e. The van der Waals surface area contributed by atoms with Gasteiger partial charge in [0.1, 0.15) is 0 Å². The Morgan fingerprint density at radius 2 is 2.57 bits per heavy atom. The van der Waals surface area contributed by atoms with E-state index in [0.29, 0.717) is 13.2 Å². The summed E-state index contributed by atoms with van der Waals surface area (Å²) in [6, 6.07) is 0. The number of thioether (sulfide) groups is 1. The van der Waals surface area contributed by atoms with Crippen LogP contribution in [0.1, 0.15) is 12.8 Å². The van der Waals surface area contributed by atoms with Crippen molar-refractivity contribution >= 4 is 29.3 Å². The Morgan fingerprint density at radius 3 is 3.14 bits per heavy atom. The summed E-state index contributed by atoms with van der Waals surface area (Å²) >= 11 is 7.61. The molecule has 14 heavy (non-hydrogen) atoms. The third-order valence-corrected chi connectivity index (χ3v) is 3.72. The first kappa shape index (κ1) is 12.1. The molecule has 82 valence electrons. The molecule has 2 atom stereocenters. The van der Waals surface area contributed by atoms with Gasteiger partial charge in [0, 0.05) is 13.7 Å². The average Bonchev–Trinajstić information content (AvgIpc) is 2.67. The summed E-state index contributed by atoms with van der Waals surface area (Å²) in [7, 11) is 1.60. The molecular weight excluding hydrogens is 222 g/mol. The van der Waals surface area contributed by atoms with Gasteiger partial charge in [-0.25, -0.2) is 0 Å². The number of hydrogen-bond donors (Lipinski definition) is 1. The molecule has 2 unspecified atom stereocenters. The molecule has 3 nitrogen and oxygen atoms in total. The van der Waals surface area contributed by atoms with Crippen molar-refractivity contribution < 1.29 is 9.53 Å². The van der Waals surface area contributed by atoms with Crippen LogP contribution < -0.4 is 5.32 Å². The Bertz CT molecular complexity index is 186. The molecule has 0 bridgehead atoms. The van der Waals surface area contributed by atoms with Gasteiger partial charge in [-0.2, -0.15) is 0 Å². The van der Waals surface area contributed by atoms with Crippen LogP contribution in [0.4, 0.5) is 0 Å². The first-order chi connectivity index (χ1) is 6.74. The Morgan fingerprint density at radius 1 is 1.79 bits per heavy atom. The predicted octanol–water partition coefficient (Wildman–Crippen LogP) is 1.25. The molecule has 0 spiro atoms. The standard InChI is InChI=1S/C9H16ClNO2S/c1-13-6-7(10)5-11-9(12)8-3-2-4-14-8/h7-8H,2-6H2,1H3,(H,11,12). The number of carbonyl (C=O) groups excluding carboxylic acids is 1. The van der Waals surface area contributed by atoms with Crippen molar-refractivity contribution in [2.24, 2.45) is 0 Å². The highest BCUT2D eigenvalue weighted by atomic mass is 35.5. The van der Waals surface area contributed by atoms with Gasteiger partial charge in [-0.05, 0) is 18.6 Å². The van der Waals surface area contributed by atoms with Gasteiger partial charge < -0.3 is 10.1 Å². The van der Waals surface area contributed by atoms with Crippen LogP contribution in [0.5, 0.6) is 0 Å². The lowest BCUT2D eigenvalue weighted by Gasteiger charge is -2.12. The van der Waals surface area contributed by atoms with E-state index in [2.05, 4.69) is 5.32 Å². The Kier molecular flexibility index (Phi) is 5.67. The summed E-state index contributed by atoms with van der Waals surface area (Å²) in [5.74, 6) is 1.22. The number of amides is 1. The second kappa shape index (κ2) is 6.53. The van der Waals surface area contributed by atoms with Crippen LogP contribution in [0.15, 0.2) is 0 Å². The summed E-state index contributed by atoms with van der Waals surface area (Å²) in [6.45, 7) is 0.963. The zero-order valence-electron chi connectivity index (χ0n) is 8.29. The van der Waals surface area contributed by atoms with Crippen molar-refractivity contribution in [3.63, 3.8) is 0 Å². The maximum Gasteiger partial charge on any atom is 0.233 e. The molecule has 5 heteroatoms. The fourth-order valence-electron chi connectivity index (χ4n) is 1.35. The van der Waals surface area contributed by atoms with Crippen LogP contribution in [0, 0.1) is 0 Å². The van der Waals surface area contributed by atoms with E-state index in [0.717, 1.165) is 18.6 Å². The van der Waals surface area contributed by atoms with Crippen LogP contribution >= 0.6 is 23.4 Å². The van der Waals surface area contributed by atoms with E-state index in [-0.39, 0.29) is 16.5 Å². The van der Waals surface area contributed by atoms with Gasteiger partial charge in [0.2, 0.25) is 5.91 Å². The van der Waals surface area contributed by atoms with Gasteiger partial charge in [-0.1, -0.05) is 0 Å². The second-order valence-electron chi connectivity index (χ2n) is 3.30. The normalized spacial score (nSPS) is 23.4. The van der Waals surface area contributed by atoms with Gasteiger partial charge in [-0.15, -0.1) is 23.4 Å². The highest BCUT2D eigenvalue weighted by Crippen LogP contribution is 2.25. The number of ether oxygens (including phenoxy) is 1. The largest absolute Gasteiger partial charge is 0.383 e. The van der Waals surface area contributed by atoms with Crippen LogP contribution in [0.25, 0.3) is 0 Å². The maximum absolute atomic E-state index is 11.5. The first-order valence-electron chi connectivity index (χ1n) is 4.76. The van der Waals surface area contributed by atoms with E-state index >= 15 is 0 Å². The summed E-state index contributed by atoms with van der Waals surface area (Å²) in [4.78, 5) is 11.5. The number of hydrogen-bond acceptors (Lipinski definition) is 3. The third kappa shape index (κ3) is 4.07. The van der Waals surface area contributed by atoms with Crippen molar-refractivity contribution in [2.45, 2.75) is 23.5 Å². The fraction of sp³-hybridized carbons (Fsp3) is 0.889. The number of rotatable bonds is 5. The van der Waals surface area contributed by atoms with Gasteiger partial charge in [0.15, 0.2) is 0 Å². The number of halogens is 1. The van der Waals surface area contributed by atoms with E-state index in [1.54, 1.807) is 18.9 Å². The van der Waals surface area contributed by atoms with Crippen molar-refractivity contribution in [1.82, 2.24) is 5.32 Å². The van der Waals surface area contributed by atoms with E-state index in [4.69, 9.17) is 16.3 Å². The molecular formula is C9H16ClNO2S. The van der Waals surface area contributed by atoms with Crippen molar-refractivity contribution in [1.29, 1.82) is 0 Å². The zero-order valence-corrected chi connectivity index (χ0v) is 9.87. The first-order valence-corrected chi connectivity index (χ1v) is 6.25. The number of carbonyl (C=O) groups is 1. The molecule has 0 aliphatic carbocycles. The predicted molar refractivity (Wildman–Crippen MR) is 60.0 cm³/mol. The van der Waals surface area contributed by atoms with Gasteiger partial charge >= 0.3 is 0 Å². The minimum absolute atomic E-state index is 0.120. The number of nitrogens with one attached hydrogen (secondary N) is 1. The fourth-order valence-corrected chi connectivity index (χ4v) is 2.74. The third-order valence-electron chi connectivity index (χ3n) is 2.07. The summed E-state index contributed by atoms with van der Waals surface area (Å²) in [5.41, 5.74) is 0. The maximum atomic E-state index is 11.5. The lowest BCUT2D eigenvalue weighted by Crippen LogP contribution is -2.36. The van der Waals surface area contributed by atoms with E-state index < -0.39 is 0 Å². The highest BCUT2D eigenvalue weighted by molar-refractivity contribution is 8.00. The Labute approximate surface area is 93.9 Å². The molecule has 1 amide bonds. The monoisotopic (exact) mass is 237 g/mol. The van der Waals surface area contributed by atoms with Crippen molar-refractivity contribution in [3.05, 3.63) is 0 Å². The molecule has 0 radical (unpaired) electrons. The molecule has 1 fully saturated rings. The number of methoxy groups -OCH3 is 1. The van der Waals surface area contributed by atoms with E-state index in [1.165, 1.54) is 0 Å². The molecule has 1 aliphatic rings. The smallest absolute Gasteiger partial charge is 0.233 e. The molecule has 1 heterocycles. The van der Waals surface area contributed by atoms with Crippen LogP contribution in [0.2, 0.25) is 0 Å². The van der Waals surface area contributed by atoms with Gasteiger partial charge in [-0.3, -0.25) is 4.79 Å². The molecule has 1 saturated heterocycles. The SMILES string of the molecule is COCC(Cl)CNC(=O)C1CCCS1. The molecule has 1 rings (SSSR count). The van der Waals surface area contributed by atoms with E-state index in [9.17, 15) is 4.79 Å². The summed E-state index contributed by atoms with van der Waals surface area (Å²) in [5, 5.41) is 2.85. The van der Waals surface area contributed by atoms with Gasteiger partial charge in [0.25, 0.3) is 0 Å². The second-order valence-corrected chi connectivity index (χ2v) is 5.23. The Hall–Kier alpha value is 0.0700. The van der Waals surface area contributed by atoms with Crippen molar-refractivity contribution in [3.8, 4) is 0 Å². The van der Waals surface area contributed by atoms with E-state index in [1.807, 2.05) is 0 Å². The highest BCUT2D eigenvalue weighted by Gasteiger charge is 2.23. The summed E-state index contributed by atoms with van der Waals surface area (Å²) < 4.78 is 4.87. The average molecular weight is 238 g/mol. The quantitative estimate of drug-likeness (QED) is 0.732. The minimum atomic E-state index is -0.129. The molecule has 0 aromatic heterocycles. The molecule has 0 aromatic carbocycles. The number of alkyl halides is 1. The van der Waals surface area contributed by atoms with Crippen LogP contribution in [0.3, 0.4) is 0 Å². The molecule has 0 aromatic rings. The summed E-state index contributed by atoms with van der Waals surface area (Å²) in [6.07, 6.45) is 2.14. The molecule has 1 aliphatic heterocycles. The van der Waals surface area contributed by atoms with Crippen LogP contribution in [-0.2, 0) is 9.53 Å². The zero-order chi connectivity index (χ0) is 10.4. The lowest BCUT2D eigenvalue weighted by atomic mass is 10.2. The topological polar surface area (TPSA) is 38.3 Å². The molecule has 0 saturated carbocycles. The van der Waals surface area contributed by atoms with Crippen LogP contribution in [-0.4, -0.2) is 42.5 Å². The van der Waals surface area contributed by atoms with Gasteiger partial charge in [0.05, 0.1) is 17.2 Å². The molecule has 1 N–H and O–H groups in total. The lowest BCUT2D eigenvalue weighted by molar-refractivity contribution is -0.120. The van der Waals surface area contributed by atoms with Crippen molar-refractivity contribution in [2.75, 3.05) is 26.0 Å². The Balaban J connectivity index is 2.13.